The van der Waals surface area contributed by atoms with E-state index in [4.69, 9.17) is 14.7 Å². The van der Waals surface area contributed by atoms with Gasteiger partial charge in [0.15, 0.2) is 5.60 Å². The average Bonchev–Trinajstić information content (AvgIpc) is 2.52. The minimum atomic E-state index is -1.23. The van der Waals surface area contributed by atoms with Gasteiger partial charge in [-0.05, 0) is 52.8 Å². The van der Waals surface area contributed by atoms with Crippen LogP contribution >= 0.6 is 0 Å². The molecule has 0 saturated heterocycles. The largest absolute Gasteiger partial charge is 0.480 e. The van der Waals surface area contributed by atoms with Gasteiger partial charge in [0.2, 0.25) is 11.7 Å². The summed E-state index contributed by atoms with van der Waals surface area (Å²) in [5.74, 6) is -0.637. The third kappa shape index (κ3) is 4.37. The van der Waals surface area contributed by atoms with Crippen LogP contribution in [0.15, 0.2) is 18.2 Å². The Morgan fingerprint density at radius 2 is 1.96 bits per heavy atom. The molecule has 0 radical (unpaired) electrons. The van der Waals surface area contributed by atoms with E-state index in [2.05, 4.69) is 5.43 Å². The van der Waals surface area contributed by atoms with Crippen molar-refractivity contribution in [2.24, 2.45) is 0 Å². The van der Waals surface area contributed by atoms with Crippen LogP contribution in [0.2, 0.25) is 0 Å². The molecule has 2 amide bonds. The molecule has 1 atom stereocenters. The predicted octanol–water partition coefficient (Wildman–Crippen LogP) is 2.63. The number of nitrogens with one attached hydrogen (secondary N) is 1. The van der Waals surface area contributed by atoms with Crippen LogP contribution in [0.3, 0.4) is 0 Å². The molecule has 8 heteroatoms. The fourth-order valence-electron chi connectivity index (χ4n) is 2.70. The van der Waals surface area contributed by atoms with Crippen molar-refractivity contribution in [3.05, 3.63) is 29.3 Å². The molecular weight excluding hydrogens is 350 g/mol. The molecule has 0 aliphatic carbocycles. The zero-order chi connectivity index (χ0) is 20.6. The van der Waals surface area contributed by atoms with E-state index in [1.807, 2.05) is 6.07 Å². The van der Waals surface area contributed by atoms with Crippen molar-refractivity contribution in [3.63, 3.8) is 0 Å². The van der Waals surface area contributed by atoms with Gasteiger partial charge in [-0.3, -0.25) is 9.59 Å². The second kappa shape index (κ2) is 6.91. The monoisotopic (exact) mass is 373 g/mol. The third-order valence-corrected chi connectivity index (χ3v) is 3.85. The first-order valence-electron chi connectivity index (χ1n) is 8.42. The van der Waals surface area contributed by atoms with E-state index in [9.17, 15) is 14.4 Å². The zero-order valence-corrected chi connectivity index (χ0v) is 16.2. The van der Waals surface area contributed by atoms with Crippen LogP contribution in [0.4, 0.5) is 4.79 Å². The number of carbonyl (C=O) groups is 3. The summed E-state index contributed by atoms with van der Waals surface area (Å²) in [6, 6.07) is 5.44. The second-order valence-corrected chi connectivity index (χ2v) is 7.75. The molecule has 1 N–H and O–H groups in total. The van der Waals surface area contributed by atoms with Crippen LogP contribution in [-0.2, 0) is 14.3 Å². The van der Waals surface area contributed by atoms with E-state index in [1.165, 1.54) is 13.0 Å². The molecule has 0 aromatic heterocycles. The zero-order valence-electron chi connectivity index (χ0n) is 16.2. The summed E-state index contributed by atoms with van der Waals surface area (Å²) >= 11 is 0. The maximum atomic E-state index is 13.0. The van der Waals surface area contributed by atoms with E-state index in [1.54, 1.807) is 46.8 Å². The Balaban J connectivity index is 2.51. The minimum Gasteiger partial charge on any atom is -0.480 e. The molecule has 0 bridgehead atoms. The predicted molar refractivity (Wildman–Crippen MR) is 95.5 cm³/mol. The second-order valence-electron chi connectivity index (χ2n) is 7.75. The lowest BCUT2D eigenvalue weighted by Crippen LogP contribution is -2.57. The molecule has 1 aromatic carbocycles. The molecule has 0 spiro atoms. The number of fused-ring (bicyclic) bond motifs is 1. The maximum absolute atomic E-state index is 13.0. The molecule has 1 heterocycles. The van der Waals surface area contributed by atoms with Gasteiger partial charge in [0.25, 0.3) is 0 Å². The van der Waals surface area contributed by atoms with E-state index in [0.29, 0.717) is 16.9 Å². The number of Topliss-reactive ketones (excluding diaryl/α,β-unsaturated/α-hetero) is 1. The Bertz CT molecular complexity index is 833. The van der Waals surface area contributed by atoms with Crippen LogP contribution in [0.1, 0.15) is 58.7 Å². The fraction of sp³-hybridized carbons (Fsp3) is 0.474. The summed E-state index contributed by atoms with van der Waals surface area (Å²) < 4.78 is 10.9. The summed E-state index contributed by atoms with van der Waals surface area (Å²) in [6.45, 7) is 9.43. The van der Waals surface area contributed by atoms with Crippen molar-refractivity contribution >= 4 is 17.8 Å². The molecule has 0 saturated carbocycles. The summed E-state index contributed by atoms with van der Waals surface area (Å²) in [7, 11) is 0. The van der Waals surface area contributed by atoms with Gasteiger partial charge < -0.3 is 9.47 Å². The first kappa shape index (κ1) is 20.2. The molecule has 0 fully saturated rings. The first-order chi connectivity index (χ1) is 12.4. The fourth-order valence-corrected chi connectivity index (χ4v) is 2.70. The summed E-state index contributed by atoms with van der Waals surface area (Å²) in [5.41, 5.74) is 0.970. The Labute approximate surface area is 158 Å². The summed E-state index contributed by atoms with van der Waals surface area (Å²) in [5, 5.41) is 10.1. The van der Waals surface area contributed by atoms with Crippen LogP contribution in [0.5, 0.6) is 5.75 Å². The van der Waals surface area contributed by atoms with Crippen LogP contribution in [0.25, 0.3) is 0 Å². The molecule has 8 nitrogen and oxygen atoms in total. The van der Waals surface area contributed by atoms with Gasteiger partial charge in [-0.1, -0.05) is 0 Å². The lowest BCUT2D eigenvalue weighted by atomic mass is 9.87. The number of nitriles is 1. The van der Waals surface area contributed by atoms with E-state index in [-0.39, 0.29) is 0 Å². The number of benzene rings is 1. The van der Waals surface area contributed by atoms with Crippen molar-refractivity contribution in [1.82, 2.24) is 10.4 Å². The highest BCUT2D eigenvalue weighted by atomic mass is 16.6. The molecule has 1 aromatic rings. The quantitative estimate of drug-likeness (QED) is 0.758. The van der Waals surface area contributed by atoms with E-state index < -0.39 is 35.0 Å². The van der Waals surface area contributed by atoms with Gasteiger partial charge in [0.05, 0.1) is 11.6 Å². The van der Waals surface area contributed by atoms with Crippen LogP contribution in [-0.4, -0.2) is 34.0 Å². The Hall–Kier alpha value is -3.08. The van der Waals surface area contributed by atoms with Crippen molar-refractivity contribution in [1.29, 1.82) is 5.26 Å². The highest BCUT2D eigenvalue weighted by Crippen LogP contribution is 2.40. The molecule has 1 aliphatic heterocycles. The van der Waals surface area contributed by atoms with E-state index >= 15 is 0 Å². The number of hydrogen-bond donors (Lipinski definition) is 1. The maximum Gasteiger partial charge on any atom is 0.426 e. The number of hydrogen-bond acceptors (Lipinski definition) is 6. The van der Waals surface area contributed by atoms with Crippen LogP contribution in [0, 0.1) is 11.3 Å². The highest BCUT2D eigenvalue weighted by Gasteiger charge is 2.47. The number of amides is 2. The van der Waals surface area contributed by atoms with Crippen molar-refractivity contribution < 1.29 is 23.9 Å². The van der Waals surface area contributed by atoms with Crippen LogP contribution < -0.4 is 10.2 Å². The Kier molecular flexibility index (Phi) is 5.18. The lowest BCUT2D eigenvalue weighted by Gasteiger charge is -2.40. The number of hydrazine groups is 1. The topological polar surface area (TPSA) is 109 Å². The molecule has 1 unspecified atom stereocenters. The summed E-state index contributed by atoms with van der Waals surface area (Å²) in [6.07, 6.45) is -0.868. The van der Waals surface area contributed by atoms with Gasteiger partial charge >= 0.3 is 6.09 Å². The smallest absolute Gasteiger partial charge is 0.426 e. The van der Waals surface area contributed by atoms with Gasteiger partial charge in [-0.2, -0.15) is 5.26 Å². The van der Waals surface area contributed by atoms with Gasteiger partial charge in [0, 0.05) is 12.5 Å². The lowest BCUT2D eigenvalue weighted by molar-refractivity contribution is -0.150. The number of rotatable bonds is 1. The van der Waals surface area contributed by atoms with Gasteiger partial charge in [-0.15, -0.1) is 0 Å². The standard InChI is InChI=1S/C19H23N3O5/c1-11(23)22(21-17(25)27-18(2,3)4)15-13-9-12(10-20)7-8-14(13)26-19(5,6)16(15)24/h7-9,15H,1-6H3,(H,21,25). The van der Waals surface area contributed by atoms with Crippen molar-refractivity contribution in [2.45, 2.75) is 58.8 Å². The number of ketones is 1. The Morgan fingerprint density at radius 1 is 1.33 bits per heavy atom. The van der Waals surface area contributed by atoms with E-state index in [0.717, 1.165) is 5.01 Å². The van der Waals surface area contributed by atoms with Gasteiger partial charge in [0.1, 0.15) is 17.4 Å². The Morgan fingerprint density at radius 3 is 2.48 bits per heavy atom. The summed E-state index contributed by atoms with van der Waals surface area (Å²) in [4.78, 5) is 37.5. The molecular formula is C19H23N3O5. The third-order valence-electron chi connectivity index (χ3n) is 3.85. The average molecular weight is 373 g/mol. The van der Waals surface area contributed by atoms with Gasteiger partial charge in [-0.25, -0.2) is 15.2 Å². The number of ether oxygens (including phenoxy) is 2. The number of nitrogens with zero attached hydrogens (tertiary/aromatic N) is 2. The minimum absolute atomic E-state index is 0.302. The molecule has 144 valence electrons. The SMILES string of the molecule is CC(=O)N(NC(=O)OC(C)(C)C)C1C(=O)C(C)(C)Oc2ccc(C#N)cc21. The molecule has 2 rings (SSSR count). The molecule has 1 aliphatic rings. The number of carbonyl (C=O) groups excluding carboxylic acids is 3. The van der Waals surface area contributed by atoms with Crippen molar-refractivity contribution in [3.8, 4) is 11.8 Å². The highest BCUT2D eigenvalue weighted by molar-refractivity contribution is 5.97. The van der Waals surface area contributed by atoms with Crippen molar-refractivity contribution in [2.75, 3.05) is 0 Å². The molecule has 27 heavy (non-hydrogen) atoms. The first-order valence-corrected chi connectivity index (χ1v) is 8.42. The normalized spacial score (nSPS) is 17.8.